The predicted octanol–water partition coefficient (Wildman–Crippen LogP) is 2.03. The van der Waals surface area contributed by atoms with Crippen LogP contribution in [-0.2, 0) is 0 Å². The van der Waals surface area contributed by atoms with Crippen molar-refractivity contribution in [1.82, 2.24) is 10.3 Å². The molecular weight excluding hydrogens is 300 g/mol. The zero-order valence-corrected chi connectivity index (χ0v) is 13.1. The second kappa shape index (κ2) is 9.29. The van der Waals surface area contributed by atoms with E-state index in [0.29, 0.717) is 24.0 Å². The Balaban J connectivity index is 2.72. The maximum atomic E-state index is 11.9. The Morgan fingerprint density at radius 3 is 2.87 bits per heavy atom. The summed E-state index contributed by atoms with van der Waals surface area (Å²) in [6.45, 7) is 3.42. The molecule has 23 heavy (non-hydrogen) atoms. The lowest BCUT2D eigenvalue weighted by atomic mass is 10.0. The van der Waals surface area contributed by atoms with E-state index in [1.54, 1.807) is 25.3 Å². The molecule has 1 unspecified atom stereocenters. The molecule has 0 saturated carbocycles. The standard InChI is InChI=1S/C15H20N4O4/c1-3-5-14(19(22)23)11(2)8-13(18-21)10-17-15(20)12-6-4-7-16-9-12/h4,6-9,14,21H,3,5,10H2,1-2H3,(H,17,20). The van der Waals surface area contributed by atoms with Gasteiger partial charge >= 0.3 is 0 Å². The van der Waals surface area contributed by atoms with E-state index >= 15 is 0 Å². The van der Waals surface area contributed by atoms with Crippen molar-refractivity contribution in [2.75, 3.05) is 6.54 Å². The summed E-state index contributed by atoms with van der Waals surface area (Å²) in [4.78, 5) is 26.4. The minimum Gasteiger partial charge on any atom is -0.411 e. The maximum Gasteiger partial charge on any atom is 0.253 e. The van der Waals surface area contributed by atoms with E-state index in [1.165, 1.54) is 12.3 Å². The molecule has 1 rings (SSSR count). The SMILES string of the molecule is CCCC(C(C)=CC(CNC(=O)c1cccnc1)=NO)[N+](=O)[O-]. The van der Waals surface area contributed by atoms with Crippen LogP contribution in [0.2, 0.25) is 0 Å². The van der Waals surface area contributed by atoms with Crippen molar-refractivity contribution < 1.29 is 14.9 Å². The monoisotopic (exact) mass is 320 g/mol. The lowest BCUT2D eigenvalue weighted by molar-refractivity contribution is -0.512. The third kappa shape index (κ3) is 5.85. The molecule has 0 bridgehead atoms. The fourth-order valence-corrected chi connectivity index (χ4v) is 2.02. The predicted molar refractivity (Wildman–Crippen MR) is 85.2 cm³/mol. The van der Waals surface area contributed by atoms with E-state index in [0.717, 1.165) is 0 Å². The van der Waals surface area contributed by atoms with Crippen molar-refractivity contribution >= 4 is 11.6 Å². The minimum atomic E-state index is -0.828. The van der Waals surface area contributed by atoms with Crippen molar-refractivity contribution in [1.29, 1.82) is 0 Å². The fraction of sp³-hybridized carbons (Fsp3) is 0.400. The van der Waals surface area contributed by atoms with Crippen molar-refractivity contribution in [3.05, 3.63) is 51.9 Å². The van der Waals surface area contributed by atoms with Crippen LogP contribution in [0.4, 0.5) is 0 Å². The Kier molecular flexibility index (Phi) is 7.38. The summed E-state index contributed by atoms with van der Waals surface area (Å²) in [6.07, 6.45) is 5.45. The number of aromatic nitrogens is 1. The van der Waals surface area contributed by atoms with Crippen LogP contribution in [0, 0.1) is 10.1 Å². The quantitative estimate of drug-likeness (QED) is 0.329. The average molecular weight is 320 g/mol. The van der Waals surface area contributed by atoms with Gasteiger partial charge < -0.3 is 10.5 Å². The lowest BCUT2D eigenvalue weighted by Crippen LogP contribution is -2.29. The number of oxime groups is 1. The van der Waals surface area contributed by atoms with E-state index in [4.69, 9.17) is 5.21 Å². The molecule has 0 aromatic carbocycles. The third-order valence-corrected chi connectivity index (χ3v) is 3.22. The van der Waals surface area contributed by atoms with Crippen LogP contribution in [0.3, 0.4) is 0 Å². The molecule has 1 atom stereocenters. The van der Waals surface area contributed by atoms with Crippen LogP contribution in [-0.4, -0.2) is 39.3 Å². The summed E-state index contributed by atoms with van der Waals surface area (Å²) >= 11 is 0. The molecule has 0 aliphatic rings. The molecule has 8 nitrogen and oxygen atoms in total. The van der Waals surface area contributed by atoms with Gasteiger partial charge in [0.1, 0.15) is 0 Å². The van der Waals surface area contributed by atoms with Crippen LogP contribution in [0.5, 0.6) is 0 Å². The van der Waals surface area contributed by atoms with Gasteiger partial charge in [0, 0.05) is 29.3 Å². The number of carbonyl (C=O) groups excluding carboxylic acids is 1. The Morgan fingerprint density at radius 1 is 1.61 bits per heavy atom. The van der Waals surface area contributed by atoms with E-state index in [2.05, 4.69) is 15.5 Å². The normalized spacial score (nSPS) is 13.5. The first-order valence-electron chi connectivity index (χ1n) is 7.20. The van der Waals surface area contributed by atoms with Crippen LogP contribution in [0.1, 0.15) is 37.0 Å². The molecule has 0 saturated heterocycles. The molecule has 0 aliphatic carbocycles. The van der Waals surface area contributed by atoms with E-state index in [9.17, 15) is 14.9 Å². The van der Waals surface area contributed by atoms with Crippen molar-refractivity contribution in [2.45, 2.75) is 32.7 Å². The van der Waals surface area contributed by atoms with Crippen molar-refractivity contribution in [3.8, 4) is 0 Å². The third-order valence-electron chi connectivity index (χ3n) is 3.22. The molecule has 1 aromatic heterocycles. The van der Waals surface area contributed by atoms with Gasteiger partial charge in [0.05, 0.1) is 17.8 Å². The smallest absolute Gasteiger partial charge is 0.253 e. The lowest BCUT2D eigenvalue weighted by Gasteiger charge is -2.10. The minimum absolute atomic E-state index is 0.0435. The van der Waals surface area contributed by atoms with Crippen LogP contribution in [0.15, 0.2) is 41.3 Å². The number of hydrogen-bond acceptors (Lipinski definition) is 6. The second-order valence-electron chi connectivity index (χ2n) is 4.99. The van der Waals surface area contributed by atoms with Gasteiger partial charge in [-0.25, -0.2) is 0 Å². The highest BCUT2D eigenvalue weighted by atomic mass is 16.6. The van der Waals surface area contributed by atoms with Gasteiger partial charge in [-0.15, -0.1) is 0 Å². The van der Waals surface area contributed by atoms with Gasteiger partial charge in [0.2, 0.25) is 6.04 Å². The van der Waals surface area contributed by atoms with Gasteiger partial charge in [-0.05, 0) is 31.6 Å². The van der Waals surface area contributed by atoms with Gasteiger partial charge in [-0.1, -0.05) is 12.1 Å². The molecule has 1 amide bonds. The van der Waals surface area contributed by atoms with Gasteiger partial charge in [0.15, 0.2) is 0 Å². The Bertz CT molecular complexity index is 599. The molecule has 0 radical (unpaired) electrons. The molecule has 0 spiro atoms. The zero-order valence-electron chi connectivity index (χ0n) is 13.1. The first-order valence-corrected chi connectivity index (χ1v) is 7.20. The Labute approximate surface area is 134 Å². The highest BCUT2D eigenvalue weighted by Gasteiger charge is 2.21. The number of nitro groups is 1. The van der Waals surface area contributed by atoms with E-state index in [1.807, 2.05) is 6.92 Å². The zero-order chi connectivity index (χ0) is 17.2. The molecule has 8 heteroatoms. The topological polar surface area (TPSA) is 118 Å². The summed E-state index contributed by atoms with van der Waals surface area (Å²) in [5, 5.41) is 25.7. The van der Waals surface area contributed by atoms with Crippen LogP contribution in [0.25, 0.3) is 0 Å². The second-order valence-corrected chi connectivity index (χ2v) is 4.99. The summed E-state index contributed by atoms with van der Waals surface area (Å²) in [5.41, 5.74) is 0.989. The number of amides is 1. The van der Waals surface area contributed by atoms with Crippen LogP contribution < -0.4 is 5.32 Å². The number of hydrogen-bond donors (Lipinski definition) is 2. The first kappa shape index (κ1) is 18.3. The molecule has 124 valence electrons. The molecule has 0 fully saturated rings. The van der Waals surface area contributed by atoms with Crippen molar-refractivity contribution in [3.63, 3.8) is 0 Å². The average Bonchev–Trinajstić information content (AvgIpc) is 2.56. The Morgan fingerprint density at radius 2 is 2.35 bits per heavy atom. The van der Waals surface area contributed by atoms with Crippen molar-refractivity contribution in [2.24, 2.45) is 5.16 Å². The van der Waals surface area contributed by atoms with Crippen LogP contribution >= 0.6 is 0 Å². The molecule has 1 heterocycles. The maximum absolute atomic E-state index is 11.9. The van der Waals surface area contributed by atoms with Gasteiger partial charge in [0.25, 0.3) is 5.91 Å². The highest BCUT2D eigenvalue weighted by Crippen LogP contribution is 2.12. The highest BCUT2D eigenvalue weighted by molar-refractivity contribution is 6.01. The number of pyridine rings is 1. The number of nitrogens with zero attached hydrogens (tertiary/aromatic N) is 3. The summed E-state index contributed by atoms with van der Waals surface area (Å²) in [6, 6.07) is 2.40. The number of nitrogens with one attached hydrogen (secondary N) is 1. The van der Waals surface area contributed by atoms with E-state index in [-0.39, 0.29) is 23.1 Å². The first-order chi connectivity index (χ1) is 11.0. The summed E-state index contributed by atoms with van der Waals surface area (Å²) in [5.74, 6) is -0.371. The number of rotatable bonds is 8. The largest absolute Gasteiger partial charge is 0.411 e. The fourth-order valence-electron chi connectivity index (χ4n) is 2.02. The van der Waals surface area contributed by atoms with E-state index < -0.39 is 6.04 Å². The summed E-state index contributed by atoms with van der Waals surface area (Å²) < 4.78 is 0. The molecule has 2 N–H and O–H groups in total. The van der Waals surface area contributed by atoms with Gasteiger partial charge in [-0.3, -0.25) is 19.9 Å². The summed E-state index contributed by atoms with van der Waals surface area (Å²) in [7, 11) is 0. The molecular formula is C15H20N4O4. The number of carbonyl (C=O) groups is 1. The molecule has 0 aliphatic heterocycles. The van der Waals surface area contributed by atoms with Gasteiger partial charge in [-0.2, -0.15) is 0 Å². The molecule has 1 aromatic rings. The Hall–Kier alpha value is -2.77.